The van der Waals surface area contributed by atoms with Crippen LogP contribution in [-0.4, -0.2) is 16.0 Å². The summed E-state index contributed by atoms with van der Waals surface area (Å²) < 4.78 is 0. The lowest BCUT2D eigenvalue weighted by Gasteiger charge is -2.05. The van der Waals surface area contributed by atoms with Crippen LogP contribution in [0.15, 0.2) is 54.7 Å². The summed E-state index contributed by atoms with van der Waals surface area (Å²) in [6.07, 6.45) is 1.71. The lowest BCUT2D eigenvalue weighted by molar-refractivity contribution is 0.102. The minimum absolute atomic E-state index is 0.00330. The molecule has 0 fully saturated rings. The summed E-state index contributed by atoms with van der Waals surface area (Å²) in [6.45, 7) is -0.00330. The molecule has 3 aromatic rings. The van der Waals surface area contributed by atoms with Crippen molar-refractivity contribution in [3.05, 3.63) is 65.9 Å². The lowest BCUT2D eigenvalue weighted by atomic mass is 10.1. The van der Waals surface area contributed by atoms with Crippen LogP contribution in [-0.2, 0) is 6.61 Å². The highest BCUT2D eigenvalue weighted by atomic mass is 16.3. The molecule has 20 heavy (non-hydrogen) atoms. The molecule has 0 saturated heterocycles. The van der Waals surface area contributed by atoms with Crippen molar-refractivity contribution < 1.29 is 9.90 Å². The Balaban J connectivity index is 1.85. The van der Waals surface area contributed by atoms with Gasteiger partial charge in [0.1, 0.15) is 0 Å². The monoisotopic (exact) mass is 266 g/mol. The molecule has 2 aromatic carbocycles. The van der Waals surface area contributed by atoms with Crippen molar-refractivity contribution in [2.75, 3.05) is 5.32 Å². The SMILES string of the molecule is O=C(Nc1ccc(CO)cc1)c1c[nH]c2ccccc12. The maximum atomic E-state index is 12.3. The van der Waals surface area contributed by atoms with Gasteiger partial charge in [0, 0.05) is 22.8 Å². The van der Waals surface area contributed by atoms with E-state index in [2.05, 4.69) is 10.3 Å². The molecule has 0 saturated carbocycles. The normalized spacial score (nSPS) is 10.7. The van der Waals surface area contributed by atoms with Gasteiger partial charge < -0.3 is 15.4 Å². The van der Waals surface area contributed by atoms with Crippen molar-refractivity contribution in [2.45, 2.75) is 6.61 Å². The molecule has 1 aromatic heterocycles. The third-order valence-electron chi connectivity index (χ3n) is 3.23. The third kappa shape index (κ3) is 2.29. The Hall–Kier alpha value is -2.59. The van der Waals surface area contributed by atoms with Crippen LogP contribution in [0.25, 0.3) is 10.9 Å². The van der Waals surface area contributed by atoms with E-state index in [1.54, 1.807) is 30.5 Å². The number of aromatic nitrogens is 1. The van der Waals surface area contributed by atoms with Gasteiger partial charge in [-0.15, -0.1) is 0 Å². The van der Waals surface area contributed by atoms with E-state index in [9.17, 15) is 4.79 Å². The first-order valence-corrected chi connectivity index (χ1v) is 6.35. The smallest absolute Gasteiger partial charge is 0.257 e. The minimum Gasteiger partial charge on any atom is -0.392 e. The largest absolute Gasteiger partial charge is 0.392 e. The first-order chi connectivity index (χ1) is 9.78. The van der Waals surface area contributed by atoms with Crippen LogP contribution in [0.5, 0.6) is 0 Å². The van der Waals surface area contributed by atoms with E-state index in [1.807, 2.05) is 24.3 Å². The van der Waals surface area contributed by atoms with E-state index < -0.39 is 0 Å². The van der Waals surface area contributed by atoms with Gasteiger partial charge in [-0.25, -0.2) is 0 Å². The third-order valence-corrected chi connectivity index (χ3v) is 3.23. The first-order valence-electron chi connectivity index (χ1n) is 6.35. The number of H-pyrrole nitrogens is 1. The summed E-state index contributed by atoms with van der Waals surface area (Å²) in [7, 11) is 0. The molecular formula is C16H14N2O2. The quantitative estimate of drug-likeness (QED) is 0.682. The van der Waals surface area contributed by atoms with Gasteiger partial charge in [-0.2, -0.15) is 0 Å². The summed E-state index contributed by atoms with van der Waals surface area (Å²) in [4.78, 5) is 15.3. The molecule has 0 aliphatic carbocycles. The van der Waals surface area contributed by atoms with E-state index in [0.717, 1.165) is 16.5 Å². The number of aliphatic hydroxyl groups excluding tert-OH is 1. The first kappa shape index (κ1) is 12.4. The van der Waals surface area contributed by atoms with Gasteiger partial charge in [0.15, 0.2) is 0 Å². The van der Waals surface area contributed by atoms with Crippen molar-refractivity contribution in [1.82, 2.24) is 4.98 Å². The number of carbonyl (C=O) groups excluding carboxylic acids is 1. The second-order valence-corrected chi connectivity index (χ2v) is 4.56. The van der Waals surface area contributed by atoms with E-state index in [4.69, 9.17) is 5.11 Å². The van der Waals surface area contributed by atoms with Crippen molar-refractivity contribution in [3.8, 4) is 0 Å². The van der Waals surface area contributed by atoms with E-state index in [-0.39, 0.29) is 12.5 Å². The summed E-state index contributed by atoms with van der Waals surface area (Å²) in [5.41, 5.74) is 3.08. The molecule has 0 bridgehead atoms. The number of hydrogen-bond donors (Lipinski definition) is 3. The number of hydrogen-bond acceptors (Lipinski definition) is 2. The van der Waals surface area contributed by atoms with Crippen LogP contribution in [0.3, 0.4) is 0 Å². The Bertz CT molecular complexity index is 745. The number of benzene rings is 2. The molecule has 3 N–H and O–H groups in total. The van der Waals surface area contributed by atoms with Gasteiger partial charge in [0.25, 0.3) is 5.91 Å². The maximum absolute atomic E-state index is 12.3. The molecule has 0 unspecified atom stereocenters. The zero-order valence-electron chi connectivity index (χ0n) is 10.8. The van der Waals surface area contributed by atoms with Crippen LogP contribution >= 0.6 is 0 Å². The van der Waals surface area contributed by atoms with Crippen molar-refractivity contribution in [3.63, 3.8) is 0 Å². The summed E-state index contributed by atoms with van der Waals surface area (Å²) in [5, 5.41) is 12.7. The summed E-state index contributed by atoms with van der Waals surface area (Å²) in [6, 6.07) is 14.8. The molecule has 0 radical (unpaired) electrons. The number of amides is 1. The molecular weight excluding hydrogens is 252 g/mol. The van der Waals surface area contributed by atoms with Crippen LogP contribution in [0.2, 0.25) is 0 Å². The molecule has 0 spiro atoms. The predicted octanol–water partition coefficient (Wildman–Crippen LogP) is 2.91. The van der Waals surface area contributed by atoms with Gasteiger partial charge in [-0.05, 0) is 23.8 Å². The highest BCUT2D eigenvalue weighted by Gasteiger charge is 2.11. The number of anilines is 1. The zero-order valence-corrected chi connectivity index (χ0v) is 10.8. The van der Waals surface area contributed by atoms with Gasteiger partial charge in [-0.3, -0.25) is 4.79 Å². The molecule has 4 nitrogen and oxygen atoms in total. The topological polar surface area (TPSA) is 65.1 Å². The molecule has 0 aliphatic heterocycles. The van der Waals surface area contributed by atoms with Crippen molar-refractivity contribution >= 4 is 22.5 Å². The second-order valence-electron chi connectivity index (χ2n) is 4.56. The number of rotatable bonds is 3. The predicted molar refractivity (Wildman–Crippen MR) is 78.6 cm³/mol. The number of aromatic amines is 1. The number of aliphatic hydroxyl groups is 1. The second kappa shape index (κ2) is 5.19. The minimum atomic E-state index is -0.154. The Morgan fingerprint density at radius 3 is 2.60 bits per heavy atom. The van der Waals surface area contributed by atoms with E-state index >= 15 is 0 Å². The molecule has 0 aliphatic rings. The van der Waals surface area contributed by atoms with Crippen LogP contribution < -0.4 is 5.32 Å². The van der Waals surface area contributed by atoms with Gasteiger partial charge in [0.05, 0.1) is 12.2 Å². The molecule has 100 valence electrons. The van der Waals surface area contributed by atoms with Crippen LogP contribution in [0.1, 0.15) is 15.9 Å². The standard InChI is InChI=1S/C16H14N2O2/c19-10-11-5-7-12(8-6-11)18-16(20)14-9-17-15-4-2-1-3-13(14)15/h1-9,17,19H,10H2,(H,18,20). The van der Waals surface area contributed by atoms with Gasteiger partial charge in [-0.1, -0.05) is 30.3 Å². The fourth-order valence-electron chi connectivity index (χ4n) is 2.15. The number of nitrogens with one attached hydrogen (secondary N) is 2. The fraction of sp³-hybridized carbons (Fsp3) is 0.0625. The fourth-order valence-corrected chi connectivity index (χ4v) is 2.15. The Morgan fingerprint density at radius 2 is 1.85 bits per heavy atom. The Labute approximate surface area is 116 Å². The van der Waals surface area contributed by atoms with Crippen LogP contribution in [0.4, 0.5) is 5.69 Å². The van der Waals surface area contributed by atoms with Gasteiger partial charge in [0.2, 0.25) is 0 Å². The highest BCUT2D eigenvalue weighted by Crippen LogP contribution is 2.19. The molecule has 3 rings (SSSR count). The highest BCUT2D eigenvalue weighted by molar-refractivity contribution is 6.12. The zero-order chi connectivity index (χ0) is 13.9. The van der Waals surface area contributed by atoms with E-state index in [0.29, 0.717) is 11.3 Å². The maximum Gasteiger partial charge on any atom is 0.257 e. The lowest BCUT2D eigenvalue weighted by Crippen LogP contribution is -2.11. The summed E-state index contributed by atoms with van der Waals surface area (Å²) in [5.74, 6) is -0.154. The van der Waals surface area contributed by atoms with Crippen molar-refractivity contribution in [2.24, 2.45) is 0 Å². The number of fused-ring (bicyclic) bond motifs is 1. The molecule has 0 atom stereocenters. The van der Waals surface area contributed by atoms with Crippen LogP contribution in [0, 0.1) is 0 Å². The Kier molecular flexibility index (Phi) is 3.23. The summed E-state index contributed by atoms with van der Waals surface area (Å²) >= 11 is 0. The number of carbonyl (C=O) groups is 1. The van der Waals surface area contributed by atoms with Crippen molar-refractivity contribution in [1.29, 1.82) is 0 Å². The average Bonchev–Trinajstić information content (AvgIpc) is 2.92. The Morgan fingerprint density at radius 1 is 1.10 bits per heavy atom. The van der Waals surface area contributed by atoms with Gasteiger partial charge >= 0.3 is 0 Å². The average molecular weight is 266 g/mol. The molecule has 4 heteroatoms. The molecule has 1 amide bonds. The molecule has 1 heterocycles. The van der Waals surface area contributed by atoms with E-state index in [1.165, 1.54) is 0 Å². The number of para-hydroxylation sites is 1.